The van der Waals surface area contributed by atoms with E-state index in [9.17, 15) is 14.7 Å². The van der Waals surface area contributed by atoms with E-state index in [2.05, 4.69) is 4.74 Å². The number of benzene rings is 1. The van der Waals surface area contributed by atoms with Gasteiger partial charge in [-0.3, -0.25) is 9.59 Å². The van der Waals surface area contributed by atoms with E-state index in [4.69, 9.17) is 0 Å². The minimum atomic E-state index is -0.372. The molecule has 5 nitrogen and oxygen atoms in total. The Bertz CT molecular complexity index is 456. The lowest BCUT2D eigenvalue weighted by molar-refractivity contribution is -0.140. The highest BCUT2D eigenvalue weighted by Crippen LogP contribution is 2.22. The summed E-state index contributed by atoms with van der Waals surface area (Å²) in [6.07, 6.45) is 0.130. The van der Waals surface area contributed by atoms with E-state index in [1.165, 1.54) is 12.0 Å². The Morgan fingerprint density at radius 3 is 2.67 bits per heavy atom. The molecule has 0 atom stereocenters. The van der Waals surface area contributed by atoms with Crippen molar-refractivity contribution in [2.45, 2.75) is 13.3 Å². The predicted octanol–water partition coefficient (Wildman–Crippen LogP) is 1.34. The molecule has 0 saturated carbocycles. The van der Waals surface area contributed by atoms with Crippen LogP contribution in [0.4, 0.5) is 0 Å². The van der Waals surface area contributed by atoms with Crippen LogP contribution in [0.2, 0.25) is 0 Å². The number of aromatic hydroxyl groups is 1. The highest BCUT2D eigenvalue weighted by Gasteiger charge is 2.17. The second-order valence-electron chi connectivity index (χ2n) is 4.02. The minimum absolute atomic E-state index is 0.0209. The second-order valence-corrected chi connectivity index (χ2v) is 4.02. The van der Waals surface area contributed by atoms with E-state index < -0.39 is 0 Å². The Balaban J connectivity index is 2.74. The molecule has 1 amide bonds. The Hall–Kier alpha value is -2.04. The standard InChI is InChI=1S/C13H17NO4/c1-9-5-4-6-10(12(9)16)13(17)14(2)8-7-11(15)18-3/h4-6,16H,7-8H2,1-3H3. The SMILES string of the molecule is COC(=O)CCN(C)C(=O)c1cccc(C)c1O. The molecule has 0 aliphatic heterocycles. The fourth-order valence-corrected chi connectivity index (χ4v) is 1.50. The van der Waals surface area contributed by atoms with Crippen LogP contribution in [0.1, 0.15) is 22.3 Å². The molecule has 0 fully saturated rings. The van der Waals surface area contributed by atoms with Gasteiger partial charge in [-0.2, -0.15) is 0 Å². The normalized spacial score (nSPS) is 9.94. The van der Waals surface area contributed by atoms with Gasteiger partial charge >= 0.3 is 5.97 Å². The monoisotopic (exact) mass is 251 g/mol. The van der Waals surface area contributed by atoms with E-state index in [1.54, 1.807) is 32.2 Å². The van der Waals surface area contributed by atoms with Gasteiger partial charge in [0.05, 0.1) is 19.1 Å². The number of carbonyl (C=O) groups excluding carboxylic acids is 2. The molecule has 0 heterocycles. The molecule has 0 saturated heterocycles. The van der Waals surface area contributed by atoms with Crippen LogP contribution in [-0.2, 0) is 9.53 Å². The summed E-state index contributed by atoms with van der Waals surface area (Å²) < 4.78 is 4.50. The minimum Gasteiger partial charge on any atom is -0.507 e. The van der Waals surface area contributed by atoms with Gasteiger partial charge in [-0.15, -0.1) is 0 Å². The largest absolute Gasteiger partial charge is 0.507 e. The van der Waals surface area contributed by atoms with Crippen molar-refractivity contribution in [2.24, 2.45) is 0 Å². The first-order chi connectivity index (χ1) is 8.47. The van der Waals surface area contributed by atoms with Gasteiger partial charge in [0.1, 0.15) is 5.75 Å². The van der Waals surface area contributed by atoms with Crippen molar-refractivity contribution < 1.29 is 19.4 Å². The topological polar surface area (TPSA) is 66.8 Å². The van der Waals surface area contributed by atoms with Gasteiger partial charge in [-0.05, 0) is 18.6 Å². The lowest BCUT2D eigenvalue weighted by Crippen LogP contribution is -2.29. The van der Waals surface area contributed by atoms with Crippen LogP contribution < -0.4 is 0 Å². The maximum absolute atomic E-state index is 12.0. The molecule has 0 radical (unpaired) electrons. The molecule has 98 valence electrons. The zero-order chi connectivity index (χ0) is 13.7. The molecule has 18 heavy (non-hydrogen) atoms. The molecular formula is C13H17NO4. The molecule has 0 aliphatic rings. The molecule has 0 spiro atoms. The van der Waals surface area contributed by atoms with Gasteiger partial charge in [0.15, 0.2) is 0 Å². The van der Waals surface area contributed by atoms with Gasteiger partial charge < -0.3 is 14.7 Å². The van der Waals surface area contributed by atoms with Crippen LogP contribution in [0, 0.1) is 6.92 Å². The van der Waals surface area contributed by atoms with Crippen molar-refractivity contribution in [2.75, 3.05) is 20.7 Å². The summed E-state index contributed by atoms with van der Waals surface area (Å²) >= 11 is 0. The summed E-state index contributed by atoms with van der Waals surface area (Å²) in [4.78, 5) is 24.4. The number of methoxy groups -OCH3 is 1. The molecule has 0 bridgehead atoms. The lowest BCUT2D eigenvalue weighted by Gasteiger charge is -2.17. The van der Waals surface area contributed by atoms with Gasteiger partial charge in [0, 0.05) is 13.6 Å². The maximum Gasteiger partial charge on any atom is 0.307 e. The average molecular weight is 251 g/mol. The van der Waals surface area contributed by atoms with Crippen LogP contribution in [0.5, 0.6) is 5.75 Å². The molecule has 1 aromatic rings. The summed E-state index contributed by atoms with van der Waals surface area (Å²) in [5.74, 6) is -0.712. The predicted molar refractivity (Wildman–Crippen MR) is 66.4 cm³/mol. The zero-order valence-corrected chi connectivity index (χ0v) is 10.8. The number of aryl methyl sites for hydroxylation is 1. The number of amides is 1. The molecule has 0 aromatic heterocycles. The van der Waals surface area contributed by atoms with Gasteiger partial charge in [-0.1, -0.05) is 12.1 Å². The Kier molecular flexibility index (Phi) is 4.71. The zero-order valence-electron chi connectivity index (χ0n) is 10.8. The van der Waals surface area contributed by atoms with E-state index >= 15 is 0 Å². The van der Waals surface area contributed by atoms with Crippen molar-refractivity contribution in [1.29, 1.82) is 0 Å². The summed E-state index contributed by atoms with van der Waals surface area (Å²) in [5, 5.41) is 9.80. The van der Waals surface area contributed by atoms with Crippen molar-refractivity contribution in [3.63, 3.8) is 0 Å². The van der Waals surface area contributed by atoms with Crippen LogP contribution >= 0.6 is 0 Å². The number of nitrogens with zero attached hydrogens (tertiary/aromatic N) is 1. The second kappa shape index (κ2) is 6.05. The smallest absolute Gasteiger partial charge is 0.307 e. The van der Waals surface area contributed by atoms with Crippen molar-refractivity contribution in [1.82, 2.24) is 4.90 Å². The van der Waals surface area contributed by atoms with E-state index in [0.29, 0.717) is 5.56 Å². The molecule has 1 N–H and O–H groups in total. The summed E-state index contributed by atoms with van der Waals surface area (Å²) in [6.45, 7) is 1.97. The first-order valence-corrected chi connectivity index (χ1v) is 5.58. The number of hydrogen-bond acceptors (Lipinski definition) is 4. The summed E-state index contributed by atoms with van der Waals surface area (Å²) in [6, 6.07) is 4.98. The number of carbonyl (C=O) groups is 2. The quantitative estimate of drug-likeness (QED) is 0.820. The third-order valence-corrected chi connectivity index (χ3v) is 2.69. The van der Waals surface area contributed by atoms with Crippen molar-refractivity contribution in [3.8, 4) is 5.75 Å². The van der Waals surface area contributed by atoms with E-state index in [0.717, 1.165) is 0 Å². The van der Waals surface area contributed by atoms with Crippen molar-refractivity contribution >= 4 is 11.9 Å². The van der Waals surface area contributed by atoms with Gasteiger partial charge in [0.25, 0.3) is 5.91 Å². The Morgan fingerprint density at radius 2 is 2.06 bits per heavy atom. The van der Waals surface area contributed by atoms with Gasteiger partial charge in [0.2, 0.25) is 0 Å². The fourth-order valence-electron chi connectivity index (χ4n) is 1.50. The Labute approximate surface area is 106 Å². The van der Waals surface area contributed by atoms with E-state index in [-0.39, 0.29) is 36.2 Å². The number of ether oxygens (including phenoxy) is 1. The number of hydrogen-bond donors (Lipinski definition) is 1. The molecule has 0 unspecified atom stereocenters. The molecule has 1 rings (SSSR count). The van der Waals surface area contributed by atoms with Crippen molar-refractivity contribution in [3.05, 3.63) is 29.3 Å². The summed E-state index contributed by atoms with van der Waals surface area (Å²) in [5.41, 5.74) is 0.879. The Morgan fingerprint density at radius 1 is 1.39 bits per heavy atom. The van der Waals surface area contributed by atoms with Crippen LogP contribution in [0.3, 0.4) is 0 Å². The fraction of sp³-hybridized carbons (Fsp3) is 0.385. The first-order valence-electron chi connectivity index (χ1n) is 5.58. The van der Waals surface area contributed by atoms with E-state index in [1.807, 2.05) is 0 Å². The number of rotatable bonds is 4. The average Bonchev–Trinajstić information content (AvgIpc) is 2.37. The molecule has 0 aliphatic carbocycles. The number of esters is 1. The molecule has 5 heteroatoms. The first kappa shape index (κ1) is 14.0. The van der Waals surface area contributed by atoms with Crippen LogP contribution in [0.25, 0.3) is 0 Å². The number of phenols is 1. The highest BCUT2D eigenvalue weighted by atomic mass is 16.5. The maximum atomic E-state index is 12.0. The van der Waals surface area contributed by atoms with Gasteiger partial charge in [-0.25, -0.2) is 0 Å². The van der Waals surface area contributed by atoms with Crippen LogP contribution in [0.15, 0.2) is 18.2 Å². The number of para-hydroxylation sites is 1. The summed E-state index contributed by atoms with van der Waals surface area (Å²) in [7, 11) is 2.88. The lowest BCUT2D eigenvalue weighted by atomic mass is 10.1. The van der Waals surface area contributed by atoms with Crippen LogP contribution in [-0.4, -0.2) is 42.6 Å². The third-order valence-electron chi connectivity index (χ3n) is 2.69. The number of phenolic OH excluding ortho intramolecular Hbond substituents is 1. The highest BCUT2D eigenvalue weighted by molar-refractivity contribution is 5.97. The third kappa shape index (κ3) is 3.23. The molecule has 1 aromatic carbocycles. The molecular weight excluding hydrogens is 234 g/mol.